The van der Waals surface area contributed by atoms with Crippen LogP contribution in [0.5, 0.6) is 0 Å². The fourth-order valence-electron chi connectivity index (χ4n) is 4.16. The molecule has 3 aromatic heterocycles. The molecule has 1 fully saturated rings. The maximum absolute atomic E-state index is 11.9. The number of aliphatic hydroxyl groups is 1. The molecule has 1 aliphatic rings. The van der Waals surface area contributed by atoms with Crippen molar-refractivity contribution in [3.8, 4) is 0 Å². The van der Waals surface area contributed by atoms with Gasteiger partial charge in [0.2, 0.25) is 0 Å². The molecule has 2 atom stereocenters. The van der Waals surface area contributed by atoms with Crippen LogP contribution in [-0.4, -0.2) is 36.9 Å². The first kappa shape index (κ1) is 20.4. The quantitative estimate of drug-likeness (QED) is 0.554. The molecule has 0 saturated heterocycles. The van der Waals surface area contributed by atoms with Gasteiger partial charge in [0.25, 0.3) is 5.56 Å². The fraction of sp³-hybridized carbons (Fsp3) is 0.500. The third-order valence-electron chi connectivity index (χ3n) is 6.04. The van der Waals surface area contributed by atoms with Crippen LogP contribution in [0.25, 0.3) is 5.65 Å². The van der Waals surface area contributed by atoms with E-state index in [1.54, 1.807) is 23.9 Å². The molecule has 3 N–H and O–H groups in total. The summed E-state index contributed by atoms with van der Waals surface area (Å²) >= 11 is 0. The summed E-state index contributed by atoms with van der Waals surface area (Å²) in [4.78, 5) is 16.7. The minimum atomic E-state index is -0.0313. The van der Waals surface area contributed by atoms with Gasteiger partial charge in [-0.3, -0.25) is 4.79 Å². The Hall–Kier alpha value is -2.87. The maximum Gasteiger partial charge on any atom is 0.250 e. The minimum absolute atomic E-state index is 0.0313. The van der Waals surface area contributed by atoms with Crippen LogP contribution in [0.3, 0.4) is 0 Å². The predicted molar refractivity (Wildman–Crippen MR) is 118 cm³/mol. The minimum Gasteiger partial charge on any atom is -0.396 e. The second-order valence-electron chi connectivity index (χ2n) is 8.10. The molecule has 3 aromatic rings. The molecule has 0 radical (unpaired) electrons. The standard InChI is InChI=1S/C22H30N6O2/c1-3-16-13-24-28-20(23-12-15-8-9-27(2)21(30)10-15)11-19(26-22(16)28)25-18-7-5-4-6-17(18)14-29/h8-11,13,17-18,23,29H,3-7,12,14H2,1-2H3,(H,25,26)/t17-,18-/m0/s1. The van der Waals surface area contributed by atoms with E-state index in [4.69, 9.17) is 4.98 Å². The average molecular weight is 411 g/mol. The SMILES string of the molecule is CCc1cnn2c(NCc3ccn(C)c(=O)c3)cc(N[C@H]3CCCC[C@H]3CO)nc12. The molecule has 30 heavy (non-hydrogen) atoms. The highest BCUT2D eigenvalue weighted by Gasteiger charge is 2.25. The predicted octanol–water partition coefficient (Wildman–Crippen LogP) is 2.57. The Balaban J connectivity index is 1.63. The van der Waals surface area contributed by atoms with Gasteiger partial charge in [-0.15, -0.1) is 0 Å². The number of fused-ring (bicyclic) bond motifs is 1. The van der Waals surface area contributed by atoms with Gasteiger partial charge >= 0.3 is 0 Å². The van der Waals surface area contributed by atoms with Crippen LogP contribution in [-0.2, 0) is 20.0 Å². The molecule has 8 heteroatoms. The zero-order valence-electron chi connectivity index (χ0n) is 17.6. The van der Waals surface area contributed by atoms with E-state index >= 15 is 0 Å². The Morgan fingerprint density at radius 2 is 2.10 bits per heavy atom. The van der Waals surface area contributed by atoms with E-state index in [1.807, 2.05) is 22.8 Å². The van der Waals surface area contributed by atoms with Crippen LogP contribution in [0.1, 0.15) is 43.7 Å². The molecular formula is C22H30N6O2. The molecule has 8 nitrogen and oxygen atoms in total. The summed E-state index contributed by atoms with van der Waals surface area (Å²) in [5, 5.41) is 21.2. The van der Waals surface area contributed by atoms with Crippen molar-refractivity contribution < 1.29 is 5.11 Å². The lowest BCUT2D eigenvalue weighted by Gasteiger charge is -2.31. The van der Waals surface area contributed by atoms with Gasteiger partial charge < -0.3 is 20.3 Å². The topological polar surface area (TPSA) is 96.5 Å². The third kappa shape index (κ3) is 4.18. The van der Waals surface area contributed by atoms with Gasteiger partial charge in [-0.2, -0.15) is 9.61 Å². The second-order valence-corrected chi connectivity index (χ2v) is 8.10. The smallest absolute Gasteiger partial charge is 0.250 e. The lowest BCUT2D eigenvalue weighted by atomic mass is 9.85. The zero-order chi connectivity index (χ0) is 21.1. The molecule has 1 saturated carbocycles. The van der Waals surface area contributed by atoms with Gasteiger partial charge in [0, 0.05) is 56.1 Å². The van der Waals surface area contributed by atoms with E-state index < -0.39 is 0 Å². The Morgan fingerprint density at radius 1 is 1.27 bits per heavy atom. The second kappa shape index (κ2) is 8.87. The summed E-state index contributed by atoms with van der Waals surface area (Å²) in [5.74, 6) is 1.86. The first-order valence-corrected chi connectivity index (χ1v) is 10.7. The first-order valence-electron chi connectivity index (χ1n) is 10.7. The van der Waals surface area contributed by atoms with Crippen molar-refractivity contribution in [3.63, 3.8) is 0 Å². The molecule has 160 valence electrons. The summed E-state index contributed by atoms with van der Waals surface area (Å²) in [5.41, 5.74) is 2.78. The molecule has 0 bridgehead atoms. The van der Waals surface area contributed by atoms with Crippen LogP contribution in [0.2, 0.25) is 0 Å². The van der Waals surface area contributed by atoms with Crippen molar-refractivity contribution in [2.45, 2.75) is 51.6 Å². The summed E-state index contributed by atoms with van der Waals surface area (Å²) in [6, 6.07) is 5.75. The average Bonchev–Trinajstić information content (AvgIpc) is 3.18. The molecule has 3 heterocycles. The number of nitrogens with one attached hydrogen (secondary N) is 2. The first-order chi connectivity index (χ1) is 14.6. The summed E-state index contributed by atoms with van der Waals surface area (Å²) in [6.45, 7) is 2.80. The van der Waals surface area contributed by atoms with Crippen LogP contribution < -0.4 is 16.2 Å². The number of hydrogen-bond donors (Lipinski definition) is 3. The number of aliphatic hydroxyl groups excluding tert-OH is 1. The van der Waals surface area contributed by atoms with Crippen LogP contribution in [0, 0.1) is 5.92 Å². The van der Waals surface area contributed by atoms with E-state index in [9.17, 15) is 9.90 Å². The van der Waals surface area contributed by atoms with E-state index in [0.717, 1.165) is 54.1 Å². The van der Waals surface area contributed by atoms with Crippen molar-refractivity contribution in [2.24, 2.45) is 13.0 Å². The van der Waals surface area contributed by atoms with Gasteiger partial charge in [-0.25, -0.2) is 4.98 Å². The van der Waals surface area contributed by atoms with Gasteiger partial charge in [0.05, 0.1) is 6.20 Å². The number of pyridine rings is 1. The van der Waals surface area contributed by atoms with Crippen molar-refractivity contribution in [3.05, 3.63) is 52.1 Å². The Kier molecular flexibility index (Phi) is 6.03. The van der Waals surface area contributed by atoms with Crippen LogP contribution in [0.15, 0.2) is 35.4 Å². The number of hydrogen-bond acceptors (Lipinski definition) is 6. The van der Waals surface area contributed by atoms with E-state index in [1.165, 1.54) is 6.42 Å². The number of aromatic nitrogens is 4. The Bertz CT molecular complexity index is 1070. The molecule has 0 aliphatic heterocycles. The van der Waals surface area contributed by atoms with Crippen molar-refractivity contribution >= 4 is 17.3 Å². The van der Waals surface area contributed by atoms with Gasteiger partial charge in [-0.1, -0.05) is 19.8 Å². The summed E-state index contributed by atoms with van der Waals surface area (Å²) in [6.07, 6.45) is 8.88. The third-order valence-corrected chi connectivity index (χ3v) is 6.04. The summed E-state index contributed by atoms with van der Waals surface area (Å²) < 4.78 is 3.37. The highest BCUT2D eigenvalue weighted by molar-refractivity contribution is 5.60. The molecule has 0 aromatic carbocycles. The molecule has 0 unspecified atom stereocenters. The molecular weight excluding hydrogens is 380 g/mol. The maximum atomic E-state index is 11.9. The lowest BCUT2D eigenvalue weighted by Crippen LogP contribution is -2.34. The van der Waals surface area contributed by atoms with Crippen molar-refractivity contribution in [1.29, 1.82) is 0 Å². The number of rotatable bonds is 7. The van der Waals surface area contributed by atoms with Gasteiger partial charge in [0.15, 0.2) is 5.65 Å². The number of anilines is 2. The Morgan fingerprint density at radius 3 is 2.87 bits per heavy atom. The molecule has 0 amide bonds. The highest BCUT2D eigenvalue weighted by atomic mass is 16.3. The van der Waals surface area contributed by atoms with Crippen LogP contribution >= 0.6 is 0 Å². The van der Waals surface area contributed by atoms with Crippen LogP contribution in [0.4, 0.5) is 11.6 Å². The fourth-order valence-corrected chi connectivity index (χ4v) is 4.16. The zero-order valence-corrected chi connectivity index (χ0v) is 17.6. The van der Waals surface area contributed by atoms with E-state index in [0.29, 0.717) is 6.54 Å². The normalized spacial score (nSPS) is 19.2. The summed E-state index contributed by atoms with van der Waals surface area (Å²) in [7, 11) is 1.74. The molecule has 4 rings (SSSR count). The number of aryl methyl sites for hydroxylation is 2. The highest BCUT2D eigenvalue weighted by Crippen LogP contribution is 2.28. The number of nitrogens with zero attached hydrogens (tertiary/aromatic N) is 4. The van der Waals surface area contributed by atoms with Crippen molar-refractivity contribution in [2.75, 3.05) is 17.2 Å². The van der Waals surface area contributed by atoms with E-state index in [2.05, 4.69) is 22.7 Å². The van der Waals surface area contributed by atoms with E-state index in [-0.39, 0.29) is 24.1 Å². The van der Waals surface area contributed by atoms with Gasteiger partial charge in [-0.05, 0) is 30.9 Å². The molecule has 0 spiro atoms. The lowest BCUT2D eigenvalue weighted by molar-refractivity contribution is 0.178. The monoisotopic (exact) mass is 410 g/mol. The largest absolute Gasteiger partial charge is 0.396 e. The van der Waals surface area contributed by atoms with Crippen molar-refractivity contribution in [1.82, 2.24) is 19.2 Å². The molecule has 1 aliphatic carbocycles. The Labute approximate surface area is 176 Å². The van der Waals surface area contributed by atoms with Gasteiger partial charge in [0.1, 0.15) is 11.6 Å².